The van der Waals surface area contributed by atoms with Crippen LogP contribution in [0.4, 0.5) is 5.69 Å². The molecule has 3 rings (SSSR count). The molecule has 0 aromatic heterocycles. The van der Waals surface area contributed by atoms with Crippen LogP contribution in [0.15, 0.2) is 30.3 Å². The standard InChI is InChI=1S/C22H29N3O2/c1-14-9-19(10-15(2)21(14)27-13-16(3)23)22(26)24-20-6-5-18-12-25(4)8-7-17(18)11-20/h5-6,9-11,16H,7-8,12-13,23H2,1-4H3,(H,24,26)/t16-/m1/s1. The third kappa shape index (κ3) is 4.67. The van der Waals surface area contributed by atoms with Gasteiger partial charge in [-0.15, -0.1) is 0 Å². The SMILES string of the molecule is Cc1cc(C(=O)Nc2ccc3c(c2)CCN(C)C3)cc(C)c1OC[C@@H](C)N. The van der Waals surface area contributed by atoms with Gasteiger partial charge in [-0.05, 0) is 80.8 Å². The highest BCUT2D eigenvalue weighted by molar-refractivity contribution is 6.04. The van der Waals surface area contributed by atoms with Gasteiger partial charge in [-0.1, -0.05) is 6.07 Å². The highest BCUT2D eigenvalue weighted by Gasteiger charge is 2.16. The van der Waals surface area contributed by atoms with Crippen molar-refractivity contribution in [2.24, 2.45) is 5.73 Å². The molecule has 0 saturated heterocycles. The summed E-state index contributed by atoms with van der Waals surface area (Å²) in [5.74, 6) is 0.703. The molecule has 0 radical (unpaired) electrons. The molecule has 0 saturated carbocycles. The van der Waals surface area contributed by atoms with Gasteiger partial charge in [0, 0.05) is 30.4 Å². The number of fused-ring (bicyclic) bond motifs is 1. The molecule has 3 N–H and O–H groups in total. The summed E-state index contributed by atoms with van der Waals surface area (Å²) in [4.78, 5) is 15.0. The van der Waals surface area contributed by atoms with Crippen LogP contribution < -0.4 is 15.8 Å². The Kier molecular flexibility index (Phi) is 5.82. The van der Waals surface area contributed by atoms with E-state index in [2.05, 4.69) is 29.4 Å². The fourth-order valence-electron chi connectivity index (χ4n) is 3.50. The van der Waals surface area contributed by atoms with Crippen LogP contribution in [0.2, 0.25) is 0 Å². The number of hydrogen-bond acceptors (Lipinski definition) is 4. The maximum atomic E-state index is 12.7. The number of carbonyl (C=O) groups excluding carboxylic acids is 1. The van der Waals surface area contributed by atoms with Gasteiger partial charge in [0.25, 0.3) is 5.91 Å². The van der Waals surface area contributed by atoms with Crippen molar-refractivity contribution in [3.05, 3.63) is 58.1 Å². The third-order valence-electron chi connectivity index (χ3n) is 4.88. The van der Waals surface area contributed by atoms with E-state index in [1.807, 2.05) is 39.0 Å². The Balaban J connectivity index is 1.75. The van der Waals surface area contributed by atoms with Crippen molar-refractivity contribution < 1.29 is 9.53 Å². The number of aryl methyl sites for hydroxylation is 2. The van der Waals surface area contributed by atoms with Crippen LogP contribution in [0.25, 0.3) is 0 Å². The molecule has 27 heavy (non-hydrogen) atoms. The lowest BCUT2D eigenvalue weighted by Gasteiger charge is -2.25. The molecule has 1 aliphatic heterocycles. The van der Waals surface area contributed by atoms with Crippen LogP contribution in [0.3, 0.4) is 0 Å². The second kappa shape index (κ2) is 8.11. The lowest BCUT2D eigenvalue weighted by Crippen LogP contribution is -2.26. The number of benzene rings is 2. The Morgan fingerprint density at radius 1 is 1.22 bits per heavy atom. The maximum Gasteiger partial charge on any atom is 0.255 e. The van der Waals surface area contributed by atoms with Crippen molar-refractivity contribution in [3.63, 3.8) is 0 Å². The van der Waals surface area contributed by atoms with Crippen molar-refractivity contribution in [1.29, 1.82) is 0 Å². The summed E-state index contributed by atoms with van der Waals surface area (Å²) in [6, 6.07) is 9.89. The molecule has 0 spiro atoms. The number of nitrogens with one attached hydrogen (secondary N) is 1. The molecular formula is C22H29N3O2. The van der Waals surface area contributed by atoms with Gasteiger partial charge in [-0.2, -0.15) is 0 Å². The minimum Gasteiger partial charge on any atom is -0.491 e. The molecule has 1 atom stereocenters. The summed E-state index contributed by atoms with van der Waals surface area (Å²) in [6.07, 6.45) is 1.01. The monoisotopic (exact) mass is 367 g/mol. The Hall–Kier alpha value is -2.37. The van der Waals surface area contributed by atoms with Crippen LogP contribution >= 0.6 is 0 Å². The fourth-order valence-corrected chi connectivity index (χ4v) is 3.50. The predicted molar refractivity (Wildman–Crippen MR) is 109 cm³/mol. The Morgan fingerprint density at radius 2 is 1.93 bits per heavy atom. The molecule has 5 heteroatoms. The molecule has 0 fully saturated rings. The van der Waals surface area contributed by atoms with Crippen molar-refractivity contribution in [2.45, 2.75) is 39.8 Å². The molecule has 1 aliphatic rings. The van der Waals surface area contributed by atoms with E-state index in [-0.39, 0.29) is 11.9 Å². The normalized spacial score (nSPS) is 15.1. The maximum absolute atomic E-state index is 12.7. The first-order valence-electron chi connectivity index (χ1n) is 9.45. The van der Waals surface area contributed by atoms with Gasteiger partial charge in [-0.25, -0.2) is 0 Å². The van der Waals surface area contributed by atoms with E-state index >= 15 is 0 Å². The Bertz CT molecular complexity index is 822. The summed E-state index contributed by atoms with van der Waals surface area (Å²) in [7, 11) is 2.13. The van der Waals surface area contributed by atoms with Gasteiger partial charge in [0.15, 0.2) is 0 Å². The number of ether oxygens (including phenoxy) is 1. The third-order valence-corrected chi connectivity index (χ3v) is 4.88. The van der Waals surface area contributed by atoms with Gasteiger partial charge in [0.2, 0.25) is 0 Å². The molecule has 1 amide bonds. The summed E-state index contributed by atoms with van der Waals surface area (Å²) >= 11 is 0. The number of nitrogens with zero attached hydrogens (tertiary/aromatic N) is 1. The predicted octanol–water partition coefficient (Wildman–Crippen LogP) is 3.27. The van der Waals surface area contributed by atoms with Crippen LogP contribution in [-0.4, -0.2) is 37.0 Å². The number of hydrogen-bond donors (Lipinski definition) is 2. The van der Waals surface area contributed by atoms with Gasteiger partial charge in [-0.3, -0.25) is 4.79 Å². The Morgan fingerprint density at radius 3 is 2.59 bits per heavy atom. The van der Waals surface area contributed by atoms with Gasteiger partial charge in [0.05, 0.1) is 0 Å². The van der Waals surface area contributed by atoms with Crippen LogP contribution in [0.5, 0.6) is 5.75 Å². The minimum absolute atomic E-state index is 0.0319. The summed E-state index contributed by atoms with van der Waals surface area (Å²) in [5.41, 5.74) is 11.8. The summed E-state index contributed by atoms with van der Waals surface area (Å²) in [5, 5.41) is 3.03. The zero-order valence-electron chi connectivity index (χ0n) is 16.6. The van der Waals surface area contributed by atoms with E-state index in [0.29, 0.717) is 12.2 Å². The lowest BCUT2D eigenvalue weighted by atomic mass is 9.99. The topological polar surface area (TPSA) is 67.6 Å². The number of carbonyl (C=O) groups is 1. The van der Waals surface area contributed by atoms with Gasteiger partial charge in [0.1, 0.15) is 12.4 Å². The first-order chi connectivity index (χ1) is 12.8. The zero-order chi connectivity index (χ0) is 19.6. The van der Waals surface area contributed by atoms with E-state index < -0.39 is 0 Å². The first kappa shape index (κ1) is 19.4. The quantitative estimate of drug-likeness (QED) is 0.851. The van der Waals surface area contributed by atoms with Gasteiger partial charge < -0.3 is 20.7 Å². The van der Waals surface area contributed by atoms with Crippen LogP contribution in [0.1, 0.15) is 39.5 Å². The minimum atomic E-state index is -0.104. The zero-order valence-corrected chi connectivity index (χ0v) is 16.6. The Labute approximate surface area is 161 Å². The highest BCUT2D eigenvalue weighted by Crippen LogP contribution is 2.26. The van der Waals surface area contributed by atoms with Crippen molar-refractivity contribution in [2.75, 3.05) is 25.5 Å². The van der Waals surface area contributed by atoms with Crippen molar-refractivity contribution in [1.82, 2.24) is 4.90 Å². The molecule has 0 bridgehead atoms. The largest absolute Gasteiger partial charge is 0.491 e. The number of rotatable bonds is 5. The molecular weight excluding hydrogens is 338 g/mol. The molecule has 0 unspecified atom stereocenters. The smallest absolute Gasteiger partial charge is 0.255 e. The number of nitrogens with two attached hydrogens (primary N) is 1. The molecule has 2 aromatic carbocycles. The molecule has 1 heterocycles. The number of likely N-dealkylation sites (N-methyl/N-ethyl adjacent to an activating group) is 1. The molecule has 5 nitrogen and oxygen atoms in total. The fraction of sp³-hybridized carbons (Fsp3) is 0.409. The van der Waals surface area contributed by atoms with Crippen molar-refractivity contribution in [3.8, 4) is 5.75 Å². The summed E-state index contributed by atoms with van der Waals surface area (Å²) in [6.45, 7) is 8.28. The average molecular weight is 367 g/mol. The van der Waals surface area contributed by atoms with Gasteiger partial charge >= 0.3 is 0 Å². The lowest BCUT2D eigenvalue weighted by molar-refractivity contribution is 0.102. The highest BCUT2D eigenvalue weighted by atomic mass is 16.5. The van der Waals surface area contributed by atoms with E-state index in [1.165, 1.54) is 11.1 Å². The van der Waals surface area contributed by atoms with Crippen molar-refractivity contribution >= 4 is 11.6 Å². The number of anilines is 1. The van der Waals surface area contributed by atoms with Crippen LogP contribution in [0, 0.1) is 13.8 Å². The molecule has 2 aromatic rings. The van der Waals surface area contributed by atoms with E-state index in [4.69, 9.17) is 10.5 Å². The van der Waals surface area contributed by atoms with Crippen LogP contribution in [-0.2, 0) is 13.0 Å². The average Bonchev–Trinajstić information content (AvgIpc) is 2.60. The van der Waals surface area contributed by atoms with E-state index in [0.717, 1.165) is 42.1 Å². The summed E-state index contributed by atoms with van der Waals surface area (Å²) < 4.78 is 5.79. The second-order valence-electron chi connectivity index (χ2n) is 7.65. The number of amides is 1. The van der Waals surface area contributed by atoms with E-state index in [1.54, 1.807) is 0 Å². The second-order valence-corrected chi connectivity index (χ2v) is 7.65. The van der Waals surface area contributed by atoms with E-state index in [9.17, 15) is 4.79 Å². The first-order valence-corrected chi connectivity index (χ1v) is 9.45. The molecule has 0 aliphatic carbocycles. The molecule has 144 valence electrons.